The molecular weight excluding hydrogens is 406 g/mol. The van der Waals surface area contributed by atoms with E-state index in [-0.39, 0.29) is 24.0 Å². The van der Waals surface area contributed by atoms with Crippen molar-refractivity contribution in [2.45, 2.75) is 33.4 Å². The number of aryl methyl sites for hydroxylation is 1. The SMILES string of the molecule is Cc1ccc(-c2noc(COC(=O)[C@@H](NC(=O)c3ccccc3Cl)C(C)C)n2)cc1. The fourth-order valence-corrected chi connectivity index (χ4v) is 2.94. The molecule has 1 atom stereocenters. The van der Waals surface area contributed by atoms with Gasteiger partial charge in [-0.25, -0.2) is 4.79 Å². The first kappa shape index (κ1) is 21.5. The molecule has 0 radical (unpaired) electrons. The summed E-state index contributed by atoms with van der Waals surface area (Å²) in [6, 6.07) is 13.4. The largest absolute Gasteiger partial charge is 0.454 e. The molecule has 0 fully saturated rings. The Morgan fingerprint density at radius 3 is 2.50 bits per heavy atom. The number of aromatic nitrogens is 2. The topological polar surface area (TPSA) is 94.3 Å². The number of rotatable bonds is 7. The van der Waals surface area contributed by atoms with Crippen molar-refractivity contribution < 1.29 is 18.8 Å². The number of hydrogen-bond donors (Lipinski definition) is 1. The van der Waals surface area contributed by atoms with E-state index in [0.717, 1.165) is 11.1 Å². The summed E-state index contributed by atoms with van der Waals surface area (Å²) in [7, 11) is 0. The Balaban J connectivity index is 1.62. The van der Waals surface area contributed by atoms with Crippen LogP contribution >= 0.6 is 11.6 Å². The van der Waals surface area contributed by atoms with Gasteiger partial charge in [-0.2, -0.15) is 4.98 Å². The third kappa shape index (κ3) is 5.24. The van der Waals surface area contributed by atoms with Gasteiger partial charge in [0.1, 0.15) is 6.04 Å². The van der Waals surface area contributed by atoms with Gasteiger partial charge in [0.05, 0.1) is 10.6 Å². The van der Waals surface area contributed by atoms with Gasteiger partial charge in [-0.3, -0.25) is 4.79 Å². The van der Waals surface area contributed by atoms with Gasteiger partial charge in [0.25, 0.3) is 11.8 Å². The Morgan fingerprint density at radius 1 is 1.13 bits per heavy atom. The van der Waals surface area contributed by atoms with Crippen LogP contribution in [0.3, 0.4) is 0 Å². The molecule has 0 aliphatic heterocycles. The van der Waals surface area contributed by atoms with Crippen LogP contribution < -0.4 is 5.32 Å². The zero-order valence-electron chi connectivity index (χ0n) is 16.9. The lowest BCUT2D eigenvalue weighted by atomic mass is 10.0. The number of nitrogens with zero attached hydrogens (tertiary/aromatic N) is 2. The Labute approximate surface area is 179 Å². The first-order valence-electron chi connectivity index (χ1n) is 9.47. The summed E-state index contributed by atoms with van der Waals surface area (Å²) >= 11 is 6.06. The average Bonchev–Trinajstić information content (AvgIpc) is 3.19. The fourth-order valence-electron chi connectivity index (χ4n) is 2.72. The third-order valence-electron chi connectivity index (χ3n) is 4.44. The Bertz CT molecular complexity index is 1030. The molecule has 1 N–H and O–H groups in total. The lowest BCUT2D eigenvalue weighted by Gasteiger charge is -2.20. The van der Waals surface area contributed by atoms with Crippen LogP contribution in [0.2, 0.25) is 5.02 Å². The predicted molar refractivity (Wildman–Crippen MR) is 112 cm³/mol. The number of nitrogens with one attached hydrogen (secondary N) is 1. The summed E-state index contributed by atoms with van der Waals surface area (Å²) in [5.41, 5.74) is 2.21. The van der Waals surface area contributed by atoms with Crippen LogP contribution in [-0.2, 0) is 16.1 Å². The zero-order valence-corrected chi connectivity index (χ0v) is 17.6. The number of benzene rings is 2. The minimum Gasteiger partial charge on any atom is -0.454 e. The van der Waals surface area contributed by atoms with Crippen molar-refractivity contribution >= 4 is 23.5 Å². The highest BCUT2D eigenvalue weighted by Gasteiger charge is 2.27. The number of ether oxygens (including phenoxy) is 1. The molecule has 0 unspecified atom stereocenters. The van der Waals surface area contributed by atoms with Crippen molar-refractivity contribution in [1.82, 2.24) is 15.5 Å². The van der Waals surface area contributed by atoms with Crippen LogP contribution in [0.1, 0.15) is 35.7 Å². The van der Waals surface area contributed by atoms with Gasteiger partial charge in [0.15, 0.2) is 6.61 Å². The van der Waals surface area contributed by atoms with Crippen molar-refractivity contribution in [2.24, 2.45) is 5.92 Å². The molecule has 0 aliphatic rings. The van der Waals surface area contributed by atoms with Gasteiger partial charge in [-0.15, -0.1) is 0 Å². The number of hydrogen-bond acceptors (Lipinski definition) is 6. The van der Waals surface area contributed by atoms with Crippen LogP contribution in [0.25, 0.3) is 11.4 Å². The van der Waals surface area contributed by atoms with E-state index in [1.807, 2.05) is 31.2 Å². The summed E-state index contributed by atoms with van der Waals surface area (Å²) in [5.74, 6) is -0.668. The molecule has 0 bridgehead atoms. The number of carbonyl (C=O) groups is 2. The molecule has 0 saturated carbocycles. The first-order chi connectivity index (χ1) is 14.3. The molecule has 8 heteroatoms. The van der Waals surface area contributed by atoms with E-state index in [0.29, 0.717) is 10.8 Å². The molecule has 0 aliphatic carbocycles. The summed E-state index contributed by atoms with van der Waals surface area (Å²) in [4.78, 5) is 29.3. The van der Waals surface area contributed by atoms with Gasteiger partial charge in [0.2, 0.25) is 5.82 Å². The number of amides is 1. The van der Waals surface area contributed by atoms with Crippen LogP contribution in [-0.4, -0.2) is 28.1 Å². The average molecular weight is 428 g/mol. The van der Waals surface area contributed by atoms with Gasteiger partial charge in [-0.05, 0) is 25.0 Å². The summed E-state index contributed by atoms with van der Waals surface area (Å²) in [6.45, 7) is 5.41. The van der Waals surface area contributed by atoms with Gasteiger partial charge in [-0.1, -0.05) is 72.6 Å². The molecule has 156 valence electrons. The minimum absolute atomic E-state index is 0.166. The van der Waals surface area contributed by atoms with Crippen LogP contribution in [0.5, 0.6) is 0 Å². The lowest BCUT2D eigenvalue weighted by molar-refractivity contribution is -0.149. The second-order valence-electron chi connectivity index (χ2n) is 7.16. The second kappa shape index (κ2) is 9.54. The monoisotopic (exact) mass is 427 g/mol. The molecule has 0 spiro atoms. The van der Waals surface area contributed by atoms with Crippen LogP contribution in [0.4, 0.5) is 0 Å². The van der Waals surface area contributed by atoms with Crippen molar-refractivity contribution in [1.29, 1.82) is 0 Å². The molecule has 2 aromatic carbocycles. The number of esters is 1. The lowest BCUT2D eigenvalue weighted by Crippen LogP contribution is -2.45. The minimum atomic E-state index is -0.853. The zero-order chi connectivity index (χ0) is 21.7. The molecule has 1 aromatic heterocycles. The number of halogens is 1. The fraction of sp³-hybridized carbons (Fsp3) is 0.273. The normalized spacial score (nSPS) is 11.9. The molecule has 0 saturated heterocycles. The highest BCUT2D eigenvalue weighted by Crippen LogP contribution is 2.18. The molecule has 1 heterocycles. The van der Waals surface area contributed by atoms with Crippen molar-refractivity contribution in [2.75, 3.05) is 0 Å². The Morgan fingerprint density at radius 2 is 1.83 bits per heavy atom. The maximum atomic E-state index is 12.6. The van der Waals surface area contributed by atoms with Gasteiger partial charge in [0, 0.05) is 5.56 Å². The summed E-state index contributed by atoms with van der Waals surface area (Å²) in [6.07, 6.45) is 0. The molecule has 3 aromatic rings. The van der Waals surface area contributed by atoms with E-state index >= 15 is 0 Å². The van der Waals surface area contributed by atoms with E-state index in [2.05, 4.69) is 15.5 Å². The maximum absolute atomic E-state index is 12.6. The quantitative estimate of drug-likeness (QED) is 0.568. The molecule has 1 amide bonds. The second-order valence-corrected chi connectivity index (χ2v) is 7.57. The van der Waals surface area contributed by atoms with Crippen LogP contribution in [0, 0.1) is 12.8 Å². The molecule has 30 heavy (non-hydrogen) atoms. The molecule has 3 rings (SSSR count). The Hall–Kier alpha value is -3.19. The summed E-state index contributed by atoms with van der Waals surface area (Å²) in [5, 5.41) is 6.90. The van der Waals surface area contributed by atoms with Crippen molar-refractivity contribution in [3.8, 4) is 11.4 Å². The van der Waals surface area contributed by atoms with E-state index in [1.165, 1.54) is 0 Å². The smallest absolute Gasteiger partial charge is 0.329 e. The van der Waals surface area contributed by atoms with E-state index in [9.17, 15) is 9.59 Å². The highest BCUT2D eigenvalue weighted by molar-refractivity contribution is 6.33. The first-order valence-corrected chi connectivity index (χ1v) is 9.84. The highest BCUT2D eigenvalue weighted by atomic mass is 35.5. The van der Waals surface area contributed by atoms with Gasteiger partial charge < -0.3 is 14.6 Å². The third-order valence-corrected chi connectivity index (χ3v) is 4.77. The van der Waals surface area contributed by atoms with E-state index in [1.54, 1.807) is 38.1 Å². The molecule has 7 nitrogen and oxygen atoms in total. The summed E-state index contributed by atoms with van der Waals surface area (Å²) < 4.78 is 10.5. The van der Waals surface area contributed by atoms with Crippen molar-refractivity contribution in [3.05, 3.63) is 70.6 Å². The van der Waals surface area contributed by atoms with Gasteiger partial charge >= 0.3 is 5.97 Å². The Kier molecular flexibility index (Phi) is 6.84. The maximum Gasteiger partial charge on any atom is 0.329 e. The van der Waals surface area contributed by atoms with Crippen molar-refractivity contribution in [3.63, 3.8) is 0 Å². The predicted octanol–water partition coefficient (Wildman–Crippen LogP) is 4.20. The number of carbonyl (C=O) groups excluding carboxylic acids is 2. The van der Waals surface area contributed by atoms with E-state index < -0.39 is 17.9 Å². The molecular formula is C22H22ClN3O4. The van der Waals surface area contributed by atoms with E-state index in [4.69, 9.17) is 20.9 Å². The van der Waals surface area contributed by atoms with Crippen LogP contribution in [0.15, 0.2) is 53.1 Å². The standard InChI is InChI=1S/C22H22ClN3O4/c1-13(2)19(25-21(27)16-6-4-5-7-17(16)23)22(28)29-12-18-24-20(26-30-18)15-10-8-14(3)9-11-15/h4-11,13,19H,12H2,1-3H3,(H,25,27)/t19-/m0/s1.